The molecule has 0 bridgehead atoms. The fourth-order valence-corrected chi connectivity index (χ4v) is 1.70. The topological polar surface area (TPSA) is 29.5 Å². The minimum Gasteiger partial charge on any atom is -0.491 e. The molecule has 0 fully saturated rings. The van der Waals surface area contributed by atoms with Gasteiger partial charge in [-0.25, -0.2) is 0 Å². The summed E-state index contributed by atoms with van der Waals surface area (Å²) in [5, 5.41) is 9.48. The van der Waals surface area contributed by atoms with Crippen molar-refractivity contribution in [3.63, 3.8) is 0 Å². The van der Waals surface area contributed by atoms with E-state index in [4.69, 9.17) is 16.3 Å². The lowest BCUT2D eigenvalue weighted by Gasteiger charge is -2.19. The van der Waals surface area contributed by atoms with Crippen LogP contribution in [-0.4, -0.2) is 23.7 Å². The lowest BCUT2D eigenvalue weighted by molar-refractivity contribution is 0.105. The van der Waals surface area contributed by atoms with Gasteiger partial charge in [0.05, 0.1) is 6.10 Å². The van der Waals surface area contributed by atoms with Gasteiger partial charge in [-0.15, -0.1) is 11.6 Å². The molecule has 0 heterocycles. The largest absolute Gasteiger partial charge is 0.491 e. The molecule has 0 aliphatic carbocycles. The van der Waals surface area contributed by atoms with Crippen molar-refractivity contribution < 1.29 is 9.84 Å². The van der Waals surface area contributed by atoms with Gasteiger partial charge in [0.1, 0.15) is 12.4 Å². The van der Waals surface area contributed by atoms with Gasteiger partial charge in [-0.1, -0.05) is 32.9 Å². The molecule has 1 unspecified atom stereocenters. The summed E-state index contributed by atoms with van der Waals surface area (Å²) in [6.45, 7) is 6.81. The van der Waals surface area contributed by atoms with Gasteiger partial charge >= 0.3 is 0 Å². The fourth-order valence-electron chi connectivity index (χ4n) is 1.45. The standard InChI is InChI=1S/C14H21ClO2/c1-14(2,3)11-4-6-13(7-5-11)17-10-12(16)8-9-15/h4-7,12,16H,8-10H2,1-3H3. The molecule has 96 valence electrons. The number of halogens is 1. The first-order valence-electron chi connectivity index (χ1n) is 5.91. The quantitative estimate of drug-likeness (QED) is 0.819. The fraction of sp³-hybridized carbons (Fsp3) is 0.571. The van der Waals surface area contributed by atoms with E-state index in [-0.39, 0.29) is 5.41 Å². The highest BCUT2D eigenvalue weighted by atomic mass is 35.5. The van der Waals surface area contributed by atoms with E-state index in [0.29, 0.717) is 18.9 Å². The maximum Gasteiger partial charge on any atom is 0.119 e. The van der Waals surface area contributed by atoms with Crippen LogP contribution in [0.25, 0.3) is 0 Å². The highest BCUT2D eigenvalue weighted by molar-refractivity contribution is 6.17. The van der Waals surface area contributed by atoms with Crippen LogP contribution in [0.2, 0.25) is 0 Å². The van der Waals surface area contributed by atoms with Crippen LogP contribution in [-0.2, 0) is 5.41 Å². The third-order valence-electron chi connectivity index (χ3n) is 2.61. The summed E-state index contributed by atoms with van der Waals surface area (Å²) in [7, 11) is 0. The first kappa shape index (κ1) is 14.3. The zero-order chi connectivity index (χ0) is 12.9. The van der Waals surface area contributed by atoms with Crippen LogP contribution in [0, 0.1) is 0 Å². The maximum atomic E-state index is 9.48. The summed E-state index contributed by atoms with van der Waals surface area (Å²) in [6, 6.07) is 7.99. The minimum absolute atomic E-state index is 0.149. The number of hydrogen-bond acceptors (Lipinski definition) is 2. The predicted octanol–water partition coefficient (Wildman–Crippen LogP) is 3.35. The summed E-state index contributed by atoms with van der Waals surface area (Å²) in [6.07, 6.45) is 0.0662. The van der Waals surface area contributed by atoms with Crippen molar-refractivity contribution in [2.24, 2.45) is 0 Å². The molecule has 0 aliphatic rings. The van der Waals surface area contributed by atoms with Gasteiger partial charge in [0, 0.05) is 5.88 Å². The summed E-state index contributed by atoms with van der Waals surface area (Å²) in [5.74, 6) is 1.24. The number of ether oxygens (including phenoxy) is 1. The number of benzene rings is 1. The molecule has 0 amide bonds. The number of aliphatic hydroxyl groups excluding tert-OH is 1. The molecule has 1 aromatic rings. The number of rotatable bonds is 5. The van der Waals surface area contributed by atoms with E-state index < -0.39 is 6.10 Å². The zero-order valence-electron chi connectivity index (χ0n) is 10.7. The van der Waals surface area contributed by atoms with Gasteiger partial charge in [-0.05, 0) is 29.5 Å². The first-order valence-corrected chi connectivity index (χ1v) is 6.44. The van der Waals surface area contributed by atoms with E-state index >= 15 is 0 Å². The summed E-state index contributed by atoms with van der Waals surface area (Å²) < 4.78 is 5.48. The third kappa shape index (κ3) is 4.97. The number of alkyl halides is 1. The van der Waals surface area contributed by atoms with Gasteiger partial charge < -0.3 is 9.84 Å². The zero-order valence-corrected chi connectivity index (χ0v) is 11.5. The van der Waals surface area contributed by atoms with Crippen molar-refractivity contribution in [1.82, 2.24) is 0 Å². The molecule has 1 rings (SSSR count). The summed E-state index contributed by atoms with van der Waals surface area (Å²) in [4.78, 5) is 0. The Balaban J connectivity index is 2.51. The van der Waals surface area contributed by atoms with Crippen LogP contribution in [0.1, 0.15) is 32.8 Å². The lowest BCUT2D eigenvalue weighted by Crippen LogP contribution is -2.18. The van der Waals surface area contributed by atoms with Gasteiger partial charge in [0.25, 0.3) is 0 Å². The molecule has 0 saturated heterocycles. The molecule has 17 heavy (non-hydrogen) atoms. The van der Waals surface area contributed by atoms with E-state index in [0.717, 1.165) is 5.75 Å². The second-order valence-electron chi connectivity index (χ2n) is 5.22. The molecule has 1 atom stereocenters. The predicted molar refractivity (Wildman–Crippen MR) is 72.0 cm³/mol. The van der Waals surface area contributed by atoms with E-state index in [9.17, 15) is 5.11 Å². The van der Waals surface area contributed by atoms with Gasteiger partial charge in [-0.3, -0.25) is 0 Å². The highest BCUT2D eigenvalue weighted by Gasteiger charge is 2.13. The Morgan fingerprint density at radius 3 is 2.29 bits per heavy atom. The Morgan fingerprint density at radius 2 is 1.82 bits per heavy atom. The van der Waals surface area contributed by atoms with Gasteiger partial charge in [0.15, 0.2) is 0 Å². The smallest absolute Gasteiger partial charge is 0.119 e. The lowest BCUT2D eigenvalue weighted by atomic mass is 9.87. The second kappa shape index (κ2) is 6.27. The number of aliphatic hydroxyl groups is 1. The van der Waals surface area contributed by atoms with Gasteiger partial charge in [0.2, 0.25) is 0 Å². The first-order chi connectivity index (χ1) is 7.93. The monoisotopic (exact) mass is 256 g/mol. The maximum absolute atomic E-state index is 9.48. The summed E-state index contributed by atoms with van der Waals surface area (Å²) in [5.41, 5.74) is 1.42. The van der Waals surface area contributed by atoms with Crippen LogP contribution in [0.5, 0.6) is 5.75 Å². The Bertz CT molecular complexity index is 327. The Morgan fingerprint density at radius 1 is 1.24 bits per heavy atom. The van der Waals surface area contributed by atoms with Crippen molar-refractivity contribution in [2.45, 2.75) is 38.7 Å². The average Bonchev–Trinajstić information content (AvgIpc) is 2.26. The second-order valence-corrected chi connectivity index (χ2v) is 5.59. The van der Waals surface area contributed by atoms with Crippen LogP contribution in [0.4, 0.5) is 0 Å². The Hall–Kier alpha value is -0.730. The summed E-state index contributed by atoms with van der Waals surface area (Å²) >= 11 is 5.53. The average molecular weight is 257 g/mol. The molecule has 0 aliphatic heterocycles. The van der Waals surface area contributed by atoms with E-state index in [2.05, 4.69) is 32.9 Å². The molecule has 0 spiro atoms. The van der Waals surface area contributed by atoms with Crippen LogP contribution < -0.4 is 4.74 Å². The minimum atomic E-state index is -0.491. The van der Waals surface area contributed by atoms with Crippen LogP contribution in [0.15, 0.2) is 24.3 Å². The van der Waals surface area contributed by atoms with Crippen molar-refractivity contribution >= 4 is 11.6 Å². The Kier molecular flexibility index (Phi) is 5.29. The normalized spacial score (nSPS) is 13.5. The molecule has 1 aromatic carbocycles. The van der Waals surface area contributed by atoms with Crippen molar-refractivity contribution in [1.29, 1.82) is 0 Å². The molecule has 0 saturated carbocycles. The molecule has 1 N–H and O–H groups in total. The Labute approximate surface area is 109 Å². The van der Waals surface area contributed by atoms with E-state index in [1.807, 2.05) is 12.1 Å². The van der Waals surface area contributed by atoms with Crippen molar-refractivity contribution in [2.75, 3.05) is 12.5 Å². The SMILES string of the molecule is CC(C)(C)c1ccc(OCC(O)CCCl)cc1. The van der Waals surface area contributed by atoms with E-state index in [1.54, 1.807) is 0 Å². The molecule has 0 aromatic heterocycles. The highest BCUT2D eigenvalue weighted by Crippen LogP contribution is 2.24. The number of hydrogen-bond donors (Lipinski definition) is 1. The molecule has 3 heteroatoms. The molecule has 0 radical (unpaired) electrons. The van der Waals surface area contributed by atoms with Gasteiger partial charge in [-0.2, -0.15) is 0 Å². The van der Waals surface area contributed by atoms with Crippen molar-refractivity contribution in [3.05, 3.63) is 29.8 Å². The molecular formula is C14H21ClO2. The van der Waals surface area contributed by atoms with Crippen molar-refractivity contribution in [3.8, 4) is 5.75 Å². The third-order valence-corrected chi connectivity index (χ3v) is 2.82. The molecular weight excluding hydrogens is 236 g/mol. The van der Waals surface area contributed by atoms with E-state index in [1.165, 1.54) is 5.56 Å². The van der Waals surface area contributed by atoms with Crippen LogP contribution in [0.3, 0.4) is 0 Å². The molecule has 2 nitrogen and oxygen atoms in total. The van der Waals surface area contributed by atoms with Crippen LogP contribution >= 0.6 is 11.6 Å².